The van der Waals surface area contributed by atoms with E-state index in [2.05, 4.69) is 6.92 Å². The number of aliphatic hydroxyl groups is 2. The minimum Gasteiger partial charge on any atom is -0.390 e. The van der Waals surface area contributed by atoms with Gasteiger partial charge in [-0.2, -0.15) is 0 Å². The summed E-state index contributed by atoms with van der Waals surface area (Å²) in [6.45, 7) is 2.59. The molecule has 1 aromatic rings. The third-order valence-corrected chi connectivity index (χ3v) is 3.47. The van der Waals surface area contributed by atoms with Gasteiger partial charge in [-0.3, -0.25) is 0 Å². The Morgan fingerprint density at radius 1 is 1.05 bits per heavy atom. The highest BCUT2D eigenvalue weighted by atomic mass is 16.3. The van der Waals surface area contributed by atoms with E-state index in [0.717, 1.165) is 12.0 Å². The third kappa shape index (κ3) is 5.72. The Kier molecular flexibility index (Phi) is 7.72. The lowest BCUT2D eigenvalue weighted by Crippen LogP contribution is -2.21. The van der Waals surface area contributed by atoms with Gasteiger partial charge in [0.2, 0.25) is 0 Å². The van der Waals surface area contributed by atoms with E-state index in [4.69, 9.17) is 5.73 Å². The monoisotopic (exact) mass is 265 g/mol. The van der Waals surface area contributed by atoms with Gasteiger partial charge in [-0.15, -0.1) is 0 Å². The van der Waals surface area contributed by atoms with E-state index in [1.807, 2.05) is 24.3 Å². The van der Waals surface area contributed by atoms with Crippen molar-refractivity contribution in [1.29, 1.82) is 0 Å². The summed E-state index contributed by atoms with van der Waals surface area (Å²) in [6, 6.07) is 7.89. The maximum atomic E-state index is 9.95. The van der Waals surface area contributed by atoms with E-state index in [-0.39, 0.29) is 0 Å². The maximum Gasteiger partial charge on any atom is 0.105 e. The minimum absolute atomic E-state index is 0.383. The fraction of sp³-hybridized carbons (Fsp3) is 0.625. The van der Waals surface area contributed by atoms with Crippen LogP contribution < -0.4 is 5.73 Å². The zero-order chi connectivity index (χ0) is 14.1. The Labute approximate surface area is 116 Å². The summed E-state index contributed by atoms with van der Waals surface area (Å²) in [7, 11) is 0. The molecule has 0 heterocycles. The van der Waals surface area contributed by atoms with Crippen molar-refractivity contribution in [2.24, 2.45) is 5.73 Å². The maximum absolute atomic E-state index is 9.95. The Bertz CT molecular complexity index is 337. The summed E-state index contributed by atoms with van der Waals surface area (Å²) in [5, 5.41) is 19.7. The van der Waals surface area contributed by atoms with Gasteiger partial charge in [0.05, 0.1) is 6.10 Å². The number of unbranched alkanes of at least 4 members (excludes halogenated alkanes) is 3. The van der Waals surface area contributed by atoms with Gasteiger partial charge in [-0.05, 0) is 36.9 Å². The summed E-state index contributed by atoms with van der Waals surface area (Å²) in [5.74, 6) is 0. The van der Waals surface area contributed by atoms with Gasteiger partial charge in [0.25, 0.3) is 0 Å². The number of aliphatic hydroxyl groups excluding tert-OH is 2. The SMILES string of the molecule is CCCCCCc1ccc(C(O)C(O)CCN)cc1. The fourth-order valence-corrected chi connectivity index (χ4v) is 2.19. The first-order valence-electron chi connectivity index (χ1n) is 7.34. The molecule has 0 bridgehead atoms. The lowest BCUT2D eigenvalue weighted by Gasteiger charge is -2.17. The molecule has 2 unspecified atom stereocenters. The van der Waals surface area contributed by atoms with Gasteiger partial charge in [0, 0.05) is 0 Å². The Hall–Kier alpha value is -0.900. The molecule has 4 N–H and O–H groups in total. The fourth-order valence-electron chi connectivity index (χ4n) is 2.19. The van der Waals surface area contributed by atoms with Crippen molar-refractivity contribution in [3.05, 3.63) is 35.4 Å². The van der Waals surface area contributed by atoms with Gasteiger partial charge >= 0.3 is 0 Å². The van der Waals surface area contributed by atoms with Crippen LogP contribution >= 0.6 is 0 Å². The zero-order valence-electron chi connectivity index (χ0n) is 11.9. The molecule has 1 rings (SSSR count). The Morgan fingerprint density at radius 3 is 2.32 bits per heavy atom. The average Bonchev–Trinajstić information content (AvgIpc) is 2.44. The van der Waals surface area contributed by atoms with E-state index < -0.39 is 12.2 Å². The zero-order valence-corrected chi connectivity index (χ0v) is 11.9. The molecule has 0 aliphatic heterocycles. The summed E-state index contributed by atoms with van der Waals surface area (Å²) in [4.78, 5) is 0. The number of hydrogen-bond acceptors (Lipinski definition) is 3. The van der Waals surface area contributed by atoms with E-state index in [1.54, 1.807) is 0 Å². The number of nitrogens with two attached hydrogens (primary N) is 1. The first-order valence-corrected chi connectivity index (χ1v) is 7.34. The van der Waals surface area contributed by atoms with E-state index in [0.29, 0.717) is 13.0 Å². The first-order chi connectivity index (χ1) is 9.19. The topological polar surface area (TPSA) is 66.5 Å². The lowest BCUT2D eigenvalue weighted by molar-refractivity contribution is 0.0150. The molecule has 0 radical (unpaired) electrons. The quantitative estimate of drug-likeness (QED) is 0.601. The summed E-state index contributed by atoms with van der Waals surface area (Å²) < 4.78 is 0. The molecular formula is C16H27NO2. The summed E-state index contributed by atoms with van der Waals surface area (Å²) in [5.41, 5.74) is 7.43. The molecule has 0 saturated heterocycles. The molecule has 0 amide bonds. The molecule has 0 aliphatic carbocycles. The van der Waals surface area contributed by atoms with Crippen LogP contribution in [0, 0.1) is 0 Å². The molecule has 0 fully saturated rings. The predicted molar refractivity (Wildman–Crippen MR) is 78.9 cm³/mol. The van der Waals surface area contributed by atoms with E-state index in [9.17, 15) is 10.2 Å². The van der Waals surface area contributed by atoms with Crippen molar-refractivity contribution in [2.45, 2.75) is 57.7 Å². The number of hydrogen-bond donors (Lipinski definition) is 3. The van der Waals surface area contributed by atoms with Crippen molar-refractivity contribution in [2.75, 3.05) is 6.54 Å². The molecule has 0 aliphatic rings. The van der Waals surface area contributed by atoms with E-state index >= 15 is 0 Å². The molecule has 3 heteroatoms. The van der Waals surface area contributed by atoms with Crippen LogP contribution in [0.3, 0.4) is 0 Å². The minimum atomic E-state index is -0.835. The Morgan fingerprint density at radius 2 is 1.74 bits per heavy atom. The van der Waals surface area contributed by atoms with Gasteiger partial charge in [0.15, 0.2) is 0 Å². The van der Waals surface area contributed by atoms with Crippen molar-refractivity contribution >= 4 is 0 Å². The molecule has 19 heavy (non-hydrogen) atoms. The lowest BCUT2D eigenvalue weighted by atomic mass is 9.99. The smallest absolute Gasteiger partial charge is 0.105 e. The predicted octanol–water partition coefficient (Wildman–Crippen LogP) is 2.55. The molecule has 3 nitrogen and oxygen atoms in total. The van der Waals surface area contributed by atoms with E-state index in [1.165, 1.54) is 31.2 Å². The normalized spacial score (nSPS) is 14.3. The number of benzene rings is 1. The van der Waals surface area contributed by atoms with Crippen LogP contribution in [0.1, 0.15) is 56.3 Å². The van der Waals surface area contributed by atoms with Gasteiger partial charge in [-0.25, -0.2) is 0 Å². The summed E-state index contributed by atoms with van der Waals surface area (Å²) in [6.07, 6.45) is 4.92. The molecule has 2 atom stereocenters. The number of aryl methyl sites for hydroxylation is 1. The second kappa shape index (κ2) is 9.08. The first kappa shape index (κ1) is 16.2. The molecule has 1 aromatic carbocycles. The van der Waals surface area contributed by atoms with Crippen LogP contribution in [-0.4, -0.2) is 22.9 Å². The van der Waals surface area contributed by atoms with Crippen LogP contribution in [0.5, 0.6) is 0 Å². The van der Waals surface area contributed by atoms with Crippen LogP contribution in [0.15, 0.2) is 24.3 Å². The molecular weight excluding hydrogens is 238 g/mol. The van der Waals surface area contributed by atoms with Crippen LogP contribution in [0.25, 0.3) is 0 Å². The second-order valence-electron chi connectivity index (χ2n) is 5.14. The summed E-state index contributed by atoms with van der Waals surface area (Å²) >= 11 is 0. The van der Waals surface area contributed by atoms with Crippen molar-refractivity contribution in [3.8, 4) is 0 Å². The van der Waals surface area contributed by atoms with Crippen LogP contribution in [-0.2, 0) is 6.42 Å². The molecule has 0 aromatic heterocycles. The average molecular weight is 265 g/mol. The van der Waals surface area contributed by atoms with Crippen LogP contribution in [0.2, 0.25) is 0 Å². The van der Waals surface area contributed by atoms with Crippen LogP contribution in [0.4, 0.5) is 0 Å². The number of rotatable bonds is 9. The molecule has 0 spiro atoms. The van der Waals surface area contributed by atoms with Crippen molar-refractivity contribution < 1.29 is 10.2 Å². The highest BCUT2D eigenvalue weighted by Crippen LogP contribution is 2.20. The molecule has 108 valence electrons. The van der Waals surface area contributed by atoms with Gasteiger partial charge < -0.3 is 15.9 Å². The van der Waals surface area contributed by atoms with Gasteiger partial charge in [0.1, 0.15) is 6.10 Å². The van der Waals surface area contributed by atoms with Crippen molar-refractivity contribution in [3.63, 3.8) is 0 Å². The van der Waals surface area contributed by atoms with Crippen molar-refractivity contribution in [1.82, 2.24) is 0 Å². The standard InChI is InChI=1S/C16H27NO2/c1-2-3-4-5-6-13-7-9-14(10-8-13)16(19)15(18)11-12-17/h7-10,15-16,18-19H,2-6,11-12,17H2,1H3. The largest absolute Gasteiger partial charge is 0.390 e. The third-order valence-electron chi connectivity index (χ3n) is 3.47. The van der Waals surface area contributed by atoms with Gasteiger partial charge in [-0.1, -0.05) is 50.5 Å². The Balaban J connectivity index is 2.46. The highest BCUT2D eigenvalue weighted by Gasteiger charge is 2.17. The molecule has 0 saturated carbocycles. The second-order valence-corrected chi connectivity index (χ2v) is 5.14. The highest BCUT2D eigenvalue weighted by molar-refractivity contribution is 5.24.